The van der Waals surface area contributed by atoms with Crippen molar-refractivity contribution in [3.63, 3.8) is 0 Å². The largest absolute Gasteiger partial charge is 0.481 e. The summed E-state index contributed by atoms with van der Waals surface area (Å²) in [5.74, 6) is -0.813. The van der Waals surface area contributed by atoms with Gasteiger partial charge < -0.3 is 10.8 Å². The summed E-state index contributed by atoms with van der Waals surface area (Å²) in [6.45, 7) is 0. The minimum Gasteiger partial charge on any atom is -0.481 e. The van der Waals surface area contributed by atoms with Crippen molar-refractivity contribution in [3.05, 3.63) is 34.9 Å². The Bertz CT molecular complexity index is 399. The van der Waals surface area contributed by atoms with Gasteiger partial charge in [-0.25, -0.2) is 0 Å². The number of halogens is 1. The van der Waals surface area contributed by atoms with Crippen LogP contribution in [0.3, 0.4) is 0 Å². The number of hydrogen-bond acceptors (Lipinski definition) is 2. The number of nitrogens with two attached hydrogens (primary N) is 1. The molecule has 0 unspecified atom stereocenters. The molecule has 0 radical (unpaired) electrons. The fraction of sp³-hybridized carbons (Fsp3) is 0.364. The van der Waals surface area contributed by atoms with Crippen molar-refractivity contribution in [2.45, 2.75) is 24.3 Å². The highest BCUT2D eigenvalue weighted by molar-refractivity contribution is 6.30. The molecular weight excluding hydrogens is 214 g/mol. The lowest BCUT2D eigenvalue weighted by Crippen LogP contribution is -2.54. The van der Waals surface area contributed by atoms with E-state index in [-0.39, 0.29) is 6.04 Å². The van der Waals surface area contributed by atoms with Gasteiger partial charge in [0.05, 0.1) is 5.41 Å². The molecule has 3 N–H and O–H groups in total. The number of carboxylic acid groups (broad SMARTS) is 1. The minimum atomic E-state index is -0.815. The average Bonchev–Trinajstić information content (AvgIpc) is 2.12. The van der Waals surface area contributed by atoms with E-state index in [2.05, 4.69) is 0 Å². The summed E-state index contributed by atoms with van der Waals surface area (Å²) < 4.78 is 0. The molecule has 0 atom stereocenters. The van der Waals surface area contributed by atoms with E-state index in [9.17, 15) is 9.90 Å². The van der Waals surface area contributed by atoms with Crippen molar-refractivity contribution in [2.75, 3.05) is 0 Å². The number of benzene rings is 1. The Morgan fingerprint density at radius 1 is 1.53 bits per heavy atom. The van der Waals surface area contributed by atoms with Crippen LogP contribution in [0.15, 0.2) is 24.3 Å². The van der Waals surface area contributed by atoms with Crippen LogP contribution in [0.5, 0.6) is 0 Å². The van der Waals surface area contributed by atoms with Gasteiger partial charge in [0.25, 0.3) is 0 Å². The summed E-state index contributed by atoms with van der Waals surface area (Å²) >= 11 is 5.85. The van der Waals surface area contributed by atoms with Gasteiger partial charge in [0, 0.05) is 11.1 Å². The van der Waals surface area contributed by atoms with Gasteiger partial charge in [-0.2, -0.15) is 0 Å². The Morgan fingerprint density at radius 2 is 2.20 bits per heavy atom. The van der Waals surface area contributed by atoms with Crippen LogP contribution < -0.4 is 5.73 Å². The van der Waals surface area contributed by atoms with Gasteiger partial charge in [0.1, 0.15) is 0 Å². The fourth-order valence-electron chi connectivity index (χ4n) is 2.16. The zero-order valence-electron chi connectivity index (χ0n) is 8.11. The van der Waals surface area contributed by atoms with Gasteiger partial charge in [-0.3, -0.25) is 4.79 Å². The molecule has 0 bridgehead atoms. The lowest BCUT2D eigenvalue weighted by atomic mass is 9.62. The van der Waals surface area contributed by atoms with E-state index in [1.807, 2.05) is 0 Å². The monoisotopic (exact) mass is 225 g/mol. The quantitative estimate of drug-likeness (QED) is 0.807. The van der Waals surface area contributed by atoms with Crippen LogP contribution in [-0.2, 0) is 10.2 Å². The van der Waals surface area contributed by atoms with E-state index in [4.69, 9.17) is 17.3 Å². The van der Waals surface area contributed by atoms with Crippen LogP contribution >= 0.6 is 11.6 Å². The van der Waals surface area contributed by atoms with Gasteiger partial charge >= 0.3 is 5.97 Å². The molecule has 4 heteroatoms. The van der Waals surface area contributed by atoms with Crippen molar-refractivity contribution in [1.29, 1.82) is 0 Å². The van der Waals surface area contributed by atoms with E-state index < -0.39 is 11.4 Å². The summed E-state index contributed by atoms with van der Waals surface area (Å²) in [7, 11) is 0. The Morgan fingerprint density at radius 3 is 2.67 bits per heavy atom. The van der Waals surface area contributed by atoms with Crippen LogP contribution in [0.25, 0.3) is 0 Å². The maximum Gasteiger partial charge on any atom is 0.314 e. The zero-order chi connectivity index (χ0) is 11.1. The van der Waals surface area contributed by atoms with Gasteiger partial charge in [-0.1, -0.05) is 23.7 Å². The third-order valence-corrected chi connectivity index (χ3v) is 3.24. The van der Waals surface area contributed by atoms with Gasteiger partial charge in [0.2, 0.25) is 0 Å². The van der Waals surface area contributed by atoms with Gasteiger partial charge in [-0.15, -0.1) is 0 Å². The molecule has 80 valence electrons. The second-order valence-corrected chi connectivity index (χ2v) is 4.50. The van der Waals surface area contributed by atoms with E-state index in [1.54, 1.807) is 24.3 Å². The number of aliphatic carboxylic acids is 1. The van der Waals surface area contributed by atoms with E-state index in [1.165, 1.54) is 0 Å². The van der Waals surface area contributed by atoms with E-state index >= 15 is 0 Å². The molecule has 0 spiro atoms. The molecule has 1 fully saturated rings. The maximum absolute atomic E-state index is 11.3. The molecule has 0 heterocycles. The number of carbonyl (C=O) groups is 1. The SMILES string of the molecule is NC1CC(C(=O)O)(c2cccc(Cl)c2)C1. The molecule has 1 aromatic rings. The Labute approximate surface area is 92.8 Å². The predicted octanol–water partition coefficient (Wildman–Crippen LogP) is 1.78. The smallest absolute Gasteiger partial charge is 0.314 e. The minimum absolute atomic E-state index is 0.0138. The standard InChI is InChI=1S/C11H12ClNO2/c12-8-3-1-2-7(4-8)11(10(14)15)5-9(13)6-11/h1-4,9H,5-6,13H2,(H,14,15). The topological polar surface area (TPSA) is 63.3 Å². The van der Waals surface area contributed by atoms with Gasteiger partial charge in [-0.05, 0) is 30.5 Å². The predicted molar refractivity (Wildman–Crippen MR) is 58.0 cm³/mol. The lowest BCUT2D eigenvalue weighted by molar-refractivity contribution is -0.148. The maximum atomic E-state index is 11.3. The average molecular weight is 226 g/mol. The van der Waals surface area contributed by atoms with Crippen molar-refractivity contribution in [1.82, 2.24) is 0 Å². The zero-order valence-corrected chi connectivity index (χ0v) is 8.87. The molecule has 15 heavy (non-hydrogen) atoms. The van der Waals surface area contributed by atoms with Crippen molar-refractivity contribution in [2.24, 2.45) is 5.73 Å². The summed E-state index contributed by atoms with van der Waals surface area (Å²) in [4.78, 5) is 11.3. The Hall–Kier alpha value is -1.06. The molecule has 0 aliphatic heterocycles. The highest BCUT2D eigenvalue weighted by Crippen LogP contribution is 2.43. The summed E-state index contributed by atoms with van der Waals surface area (Å²) in [6.07, 6.45) is 0.978. The van der Waals surface area contributed by atoms with Crippen molar-refractivity contribution < 1.29 is 9.90 Å². The van der Waals surface area contributed by atoms with Crippen molar-refractivity contribution in [3.8, 4) is 0 Å². The fourth-order valence-corrected chi connectivity index (χ4v) is 2.35. The first-order valence-electron chi connectivity index (χ1n) is 4.80. The van der Waals surface area contributed by atoms with E-state index in [0.29, 0.717) is 17.9 Å². The normalized spacial score (nSPS) is 29.6. The first-order valence-corrected chi connectivity index (χ1v) is 5.17. The molecule has 0 aromatic heterocycles. The molecule has 1 aliphatic carbocycles. The number of carboxylic acids is 1. The second-order valence-electron chi connectivity index (χ2n) is 4.07. The van der Waals surface area contributed by atoms with E-state index in [0.717, 1.165) is 5.56 Å². The molecule has 1 aliphatic rings. The second kappa shape index (κ2) is 3.51. The highest BCUT2D eigenvalue weighted by atomic mass is 35.5. The third kappa shape index (κ3) is 1.62. The van der Waals surface area contributed by atoms with Crippen LogP contribution in [0.1, 0.15) is 18.4 Å². The molecule has 2 rings (SSSR count). The number of rotatable bonds is 2. The Kier molecular flexibility index (Phi) is 2.44. The number of hydrogen-bond donors (Lipinski definition) is 2. The van der Waals surface area contributed by atoms with Crippen LogP contribution in [-0.4, -0.2) is 17.1 Å². The first kappa shape index (κ1) is 10.5. The van der Waals surface area contributed by atoms with Gasteiger partial charge in [0.15, 0.2) is 0 Å². The summed E-state index contributed by atoms with van der Waals surface area (Å²) in [5, 5.41) is 9.81. The lowest BCUT2D eigenvalue weighted by Gasteiger charge is -2.43. The van der Waals surface area contributed by atoms with Crippen LogP contribution in [0, 0.1) is 0 Å². The summed E-state index contributed by atoms with van der Waals surface area (Å²) in [6, 6.07) is 7.00. The summed E-state index contributed by atoms with van der Waals surface area (Å²) in [5.41, 5.74) is 5.61. The first-order chi connectivity index (χ1) is 7.04. The molecule has 0 amide bonds. The molecule has 0 saturated heterocycles. The van der Waals surface area contributed by atoms with Crippen molar-refractivity contribution >= 4 is 17.6 Å². The Balaban J connectivity index is 2.39. The molecule has 1 aromatic carbocycles. The third-order valence-electron chi connectivity index (χ3n) is 3.01. The molecule has 1 saturated carbocycles. The van der Waals surface area contributed by atoms with Crippen LogP contribution in [0.4, 0.5) is 0 Å². The molecule has 3 nitrogen and oxygen atoms in total. The highest BCUT2D eigenvalue weighted by Gasteiger charge is 2.50. The van der Waals surface area contributed by atoms with Crippen LogP contribution in [0.2, 0.25) is 5.02 Å². The molecular formula is C11H12ClNO2.